The third kappa shape index (κ3) is 5.80. The lowest BCUT2D eigenvalue weighted by Crippen LogP contribution is -2.30. The van der Waals surface area contributed by atoms with E-state index in [9.17, 15) is 18.0 Å². The van der Waals surface area contributed by atoms with E-state index < -0.39 is 28.5 Å². The number of nitrogens with two attached hydrogens (primary N) is 1. The van der Waals surface area contributed by atoms with E-state index in [2.05, 4.69) is 5.32 Å². The minimum absolute atomic E-state index is 0.109. The molecule has 150 valence electrons. The quantitative estimate of drug-likeness (QED) is 0.634. The Morgan fingerprint density at radius 3 is 2.50 bits per heavy atom. The van der Waals surface area contributed by atoms with Crippen LogP contribution in [0.5, 0.6) is 5.75 Å². The number of esters is 1. The fraction of sp³-hybridized carbons (Fsp3) is 0.263. The molecule has 0 aliphatic heterocycles. The fourth-order valence-corrected chi connectivity index (χ4v) is 3.05. The average molecular weight is 406 g/mol. The molecule has 1 amide bonds. The van der Waals surface area contributed by atoms with Crippen LogP contribution in [0.25, 0.3) is 0 Å². The van der Waals surface area contributed by atoms with Crippen LogP contribution in [0.15, 0.2) is 47.4 Å². The molecule has 0 aliphatic carbocycles. The molecule has 0 radical (unpaired) electrons. The van der Waals surface area contributed by atoms with Crippen LogP contribution in [-0.4, -0.2) is 40.6 Å². The van der Waals surface area contributed by atoms with Crippen molar-refractivity contribution in [3.05, 3.63) is 59.2 Å². The molecule has 0 saturated heterocycles. The normalized spacial score (nSPS) is 11.0. The van der Waals surface area contributed by atoms with Crippen LogP contribution < -0.4 is 15.2 Å². The van der Waals surface area contributed by atoms with Crippen LogP contribution in [0.4, 0.5) is 0 Å². The third-order valence-electron chi connectivity index (χ3n) is 4.03. The molecule has 0 spiro atoms. The molecule has 9 heteroatoms. The maximum Gasteiger partial charge on any atom is 0.342 e. The molecule has 0 bridgehead atoms. The second-order valence-corrected chi connectivity index (χ2v) is 7.57. The molecule has 3 N–H and O–H groups in total. The van der Waals surface area contributed by atoms with Gasteiger partial charge in [0.15, 0.2) is 6.61 Å². The first-order valence-corrected chi connectivity index (χ1v) is 9.96. The molecule has 0 atom stereocenters. The Balaban J connectivity index is 1.92. The first kappa shape index (κ1) is 21.4. The lowest BCUT2D eigenvalue weighted by atomic mass is 10.1. The molecule has 2 aromatic rings. The van der Waals surface area contributed by atoms with Gasteiger partial charge in [0.25, 0.3) is 5.91 Å². The summed E-state index contributed by atoms with van der Waals surface area (Å²) in [6.07, 6.45) is 0.649. The Morgan fingerprint density at radius 1 is 1.14 bits per heavy atom. The highest BCUT2D eigenvalue weighted by atomic mass is 32.2. The number of hydrogen-bond acceptors (Lipinski definition) is 6. The zero-order valence-electron chi connectivity index (χ0n) is 15.6. The number of amides is 1. The smallest absolute Gasteiger partial charge is 0.342 e. The summed E-state index contributed by atoms with van der Waals surface area (Å²) in [4.78, 5) is 23.9. The first-order valence-electron chi connectivity index (χ1n) is 8.41. The number of primary sulfonamides is 1. The highest BCUT2D eigenvalue weighted by molar-refractivity contribution is 7.89. The summed E-state index contributed by atoms with van der Waals surface area (Å²) < 4.78 is 32.9. The summed E-state index contributed by atoms with van der Waals surface area (Å²) >= 11 is 0. The summed E-state index contributed by atoms with van der Waals surface area (Å²) in [7, 11) is -2.68. The van der Waals surface area contributed by atoms with Gasteiger partial charge in [0.05, 0.1) is 12.0 Å². The van der Waals surface area contributed by atoms with Gasteiger partial charge in [0.2, 0.25) is 10.0 Å². The molecular weight excluding hydrogens is 384 g/mol. The number of carbonyl (C=O) groups is 2. The second-order valence-electron chi connectivity index (χ2n) is 6.01. The van der Waals surface area contributed by atoms with Crippen molar-refractivity contribution in [1.29, 1.82) is 0 Å². The summed E-state index contributed by atoms with van der Waals surface area (Å²) in [5.74, 6) is -1.25. The predicted molar refractivity (Wildman–Crippen MR) is 103 cm³/mol. The Bertz CT molecular complexity index is 972. The minimum atomic E-state index is -4.00. The predicted octanol–water partition coefficient (Wildman–Crippen LogP) is 1.17. The second kappa shape index (κ2) is 9.34. The first-order chi connectivity index (χ1) is 13.2. The fourth-order valence-electron chi connectivity index (χ4n) is 2.51. The number of sulfonamides is 1. The van der Waals surface area contributed by atoms with Gasteiger partial charge in [-0.25, -0.2) is 18.4 Å². The zero-order chi connectivity index (χ0) is 20.7. The standard InChI is InChI=1S/C19H22N2O6S/c1-13-5-3-4-6-14(13)9-10-21-18(22)12-27-19(23)16-11-15(28(20,24)25)7-8-17(16)26-2/h3-8,11H,9-10,12H2,1-2H3,(H,21,22)(H2,20,24,25). The molecule has 2 aromatic carbocycles. The van der Waals surface area contributed by atoms with Crippen molar-refractivity contribution >= 4 is 21.9 Å². The van der Waals surface area contributed by atoms with Gasteiger partial charge in [-0.05, 0) is 42.7 Å². The molecule has 0 saturated carbocycles. The van der Waals surface area contributed by atoms with Crippen LogP contribution >= 0.6 is 0 Å². The molecule has 0 aliphatic rings. The van der Waals surface area contributed by atoms with Crippen LogP contribution in [0.2, 0.25) is 0 Å². The molecule has 0 aromatic heterocycles. The van der Waals surface area contributed by atoms with Gasteiger partial charge >= 0.3 is 5.97 Å². The Morgan fingerprint density at radius 2 is 1.86 bits per heavy atom. The maximum absolute atomic E-state index is 12.2. The van der Waals surface area contributed by atoms with Crippen LogP contribution in [0.3, 0.4) is 0 Å². The maximum atomic E-state index is 12.2. The molecular formula is C19H22N2O6S. The van der Waals surface area contributed by atoms with Crippen molar-refractivity contribution in [2.24, 2.45) is 5.14 Å². The average Bonchev–Trinajstić information content (AvgIpc) is 2.66. The largest absolute Gasteiger partial charge is 0.496 e. The molecule has 0 heterocycles. The molecule has 2 rings (SSSR count). The van der Waals surface area contributed by atoms with Crippen LogP contribution in [0, 0.1) is 6.92 Å². The van der Waals surface area contributed by atoms with Gasteiger partial charge in [-0.3, -0.25) is 4.79 Å². The number of ether oxygens (including phenoxy) is 2. The number of methoxy groups -OCH3 is 1. The van der Waals surface area contributed by atoms with E-state index in [-0.39, 0.29) is 16.2 Å². The van der Waals surface area contributed by atoms with E-state index in [1.807, 2.05) is 31.2 Å². The highest BCUT2D eigenvalue weighted by Crippen LogP contribution is 2.22. The topological polar surface area (TPSA) is 125 Å². The molecule has 28 heavy (non-hydrogen) atoms. The summed E-state index contributed by atoms with van der Waals surface area (Å²) in [5, 5.41) is 7.73. The van der Waals surface area contributed by atoms with E-state index in [0.717, 1.165) is 17.2 Å². The van der Waals surface area contributed by atoms with E-state index in [1.54, 1.807) is 0 Å². The van der Waals surface area contributed by atoms with Crippen LogP contribution in [-0.2, 0) is 26.0 Å². The van der Waals surface area contributed by atoms with Crippen molar-refractivity contribution in [3.63, 3.8) is 0 Å². The van der Waals surface area contributed by atoms with E-state index in [4.69, 9.17) is 14.6 Å². The summed E-state index contributed by atoms with van der Waals surface area (Å²) in [6, 6.07) is 11.4. The number of aryl methyl sites for hydroxylation is 1. The number of hydrogen-bond donors (Lipinski definition) is 2. The number of rotatable bonds is 8. The monoisotopic (exact) mass is 406 g/mol. The SMILES string of the molecule is COc1ccc(S(N)(=O)=O)cc1C(=O)OCC(=O)NCCc1ccccc1C. The van der Waals surface area contributed by atoms with Crippen molar-refractivity contribution in [1.82, 2.24) is 5.32 Å². The van der Waals surface area contributed by atoms with Gasteiger partial charge in [0, 0.05) is 6.54 Å². The van der Waals surface area contributed by atoms with Crippen molar-refractivity contribution < 1.29 is 27.5 Å². The van der Waals surface area contributed by atoms with Gasteiger partial charge < -0.3 is 14.8 Å². The van der Waals surface area contributed by atoms with Crippen molar-refractivity contribution in [2.75, 3.05) is 20.3 Å². The molecule has 0 unspecified atom stereocenters. The van der Waals surface area contributed by atoms with Gasteiger partial charge in [-0.1, -0.05) is 24.3 Å². The Hall–Kier alpha value is -2.91. The summed E-state index contributed by atoms with van der Waals surface area (Å²) in [5.41, 5.74) is 2.11. The minimum Gasteiger partial charge on any atom is -0.496 e. The summed E-state index contributed by atoms with van der Waals surface area (Å²) in [6.45, 7) is 1.88. The van der Waals surface area contributed by atoms with Crippen LogP contribution in [0.1, 0.15) is 21.5 Å². The molecule has 8 nitrogen and oxygen atoms in total. The Kier molecular flexibility index (Phi) is 7.13. The zero-order valence-corrected chi connectivity index (χ0v) is 16.4. The van der Waals surface area contributed by atoms with Crippen molar-refractivity contribution in [3.8, 4) is 5.75 Å². The Labute approximate surface area is 163 Å². The van der Waals surface area contributed by atoms with Gasteiger partial charge in [-0.15, -0.1) is 0 Å². The van der Waals surface area contributed by atoms with Gasteiger partial charge in [0.1, 0.15) is 11.3 Å². The lowest BCUT2D eigenvalue weighted by molar-refractivity contribution is -0.124. The third-order valence-corrected chi connectivity index (χ3v) is 4.94. The lowest BCUT2D eigenvalue weighted by Gasteiger charge is -2.11. The molecule has 0 fully saturated rings. The number of benzene rings is 2. The number of carbonyl (C=O) groups excluding carboxylic acids is 2. The van der Waals surface area contributed by atoms with E-state index >= 15 is 0 Å². The number of nitrogens with one attached hydrogen (secondary N) is 1. The van der Waals surface area contributed by atoms with E-state index in [1.165, 1.54) is 19.2 Å². The van der Waals surface area contributed by atoms with Gasteiger partial charge in [-0.2, -0.15) is 0 Å². The van der Waals surface area contributed by atoms with Crippen molar-refractivity contribution in [2.45, 2.75) is 18.2 Å². The van der Waals surface area contributed by atoms with E-state index in [0.29, 0.717) is 13.0 Å². The highest BCUT2D eigenvalue weighted by Gasteiger charge is 2.19.